The van der Waals surface area contributed by atoms with Crippen LogP contribution in [0.15, 0.2) is 22.9 Å². The second-order valence-corrected chi connectivity index (χ2v) is 6.33. The van der Waals surface area contributed by atoms with Crippen LogP contribution in [-0.2, 0) is 6.42 Å². The first-order valence-corrected chi connectivity index (χ1v) is 7.16. The number of nitrogens with zero attached hydrogens (tertiary/aromatic N) is 1. The lowest BCUT2D eigenvalue weighted by Gasteiger charge is -2.07. The smallest absolute Gasteiger partial charge is 0.0939 e. The molecule has 16 heavy (non-hydrogen) atoms. The molecule has 4 heteroatoms. The number of hydrogen-bond donors (Lipinski definition) is 1. The van der Waals surface area contributed by atoms with E-state index in [1.165, 1.54) is 4.88 Å². The van der Waals surface area contributed by atoms with Gasteiger partial charge in [0, 0.05) is 18.4 Å². The molecular formula is C12H13NOS2. The van der Waals surface area contributed by atoms with Gasteiger partial charge in [-0.1, -0.05) is 6.07 Å². The molecule has 2 aromatic heterocycles. The summed E-state index contributed by atoms with van der Waals surface area (Å²) in [4.78, 5) is 5.88. The first-order chi connectivity index (χ1) is 7.81. The molecule has 0 spiro atoms. The minimum Gasteiger partial charge on any atom is -0.396 e. The van der Waals surface area contributed by atoms with Crippen LogP contribution in [0.4, 0.5) is 0 Å². The van der Waals surface area contributed by atoms with Crippen molar-refractivity contribution in [1.82, 2.24) is 4.98 Å². The summed E-state index contributed by atoms with van der Waals surface area (Å²) in [6.07, 6.45) is 3.24. The van der Waals surface area contributed by atoms with Gasteiger partial charge in [0.2, 0.25) is 0 Å². The molecule has 2 heterocycles. The molecule has 1 saturated carbocycles. The number of thiophene rings is 1. The average molecular weight is 251 g/mol. The van der Waals surface area contributed by atoms with Crippen LogP contribution in [0.1, 0.15) is 17.8 Å². The Balaban J connectivity index is 1.78. The lowest BCUT2D eigenvalue weighted by molar-refractivity contribution is 0.211. The SMILES string of the molecule is OCC1(Cc2nc(-c3cccs3)cs2)CC1. The summed E-state index contributed by atoms with van der Waals surface area (Å²) >= 11 is 3.44. The molecule has 0 radical (unpaired) electrons. The largest absolute Gasteiger partial charge is 0.396 e. The van der Waals surface area contributed by atoms with Crippen molar-refractivity contribution in [2.24, 2.45) is 5.41 Å². The highest BCUT2D eigenvalue weighted by Gasteiger charge is 2.42. The van der Waals surface area contributed by atoms with Crippen molar-refractivity contribution in [2.45, 2.75) is 19.3 Å². The molecule has 0 bridgehead atoms. The van der Waals surface area contributed by atoms with E-state index in [0.717, 1.165) is 30.0 Å². The van der Waals surface area contributed by atoms with E-state index in [4.69, 9.17) is 0 Å². The zero-order valence-electron chi connectivity index (χ0n) is 8.85. The fraction of sp³-hybridized carbons (Fsp3) is 0.417. The standard InChI is InChI=1S/C12H13NOS2/c14-8-12(3-4-12)6-11-13-9(7-16-11)10-2-1-5-15-10/h1-2,5,7,14H,3-4,6,8H2. The van der Waals surface area contributed by atoms with Crippen molar-refractivity contribution >= 4 is 22.7 Å². The van der Waals surface area contributed by atoms with E-state index in [2.05, 4.69) is 27.9 Å². The van der Waals surface area contributed by atoms with E-state index in [-0.39, 0.29) is 5.41 Å². The lowest BCUT2D eigenvalue weighted by atomic mass is 10.1. The van der Waals surface area contributed by atoms with Crippen LogP contribution in [0.3, 0.4) is 0 Å². The molecule has 0 amide bonds. The second-order valence-electron chi connectivity index (χ2n) is 4.44. The second kappa shape index (κ2) is 3.95. The molecule has 1 aliphatic rings. The molecule has 1 aliphatic carbocycles. The monoisotopic (exact) mass is 251 g/mol. The van der Waals surface area contributed by atoms with Gasteiger partial charge in [0.1, 0.15) is 0 Å². The number of thiazole rings is 1. The highest BCUT2D eigenvalue weighted by molar-refractivity contribution is 7.14. The third kappa shape index (κ3) is 1.93. The van der Waals surface area contributed by atoms with E-state index >= 15 is 0 Å². The van der Waals surface area contributed by atoms with E-state index in [1.807, 2.05) is 0 Å². The maximum atomic E-state index is 9.29. The van der Waals surface area contributed by atoms with Gasteiger partial charge in [-0.15, -0.1) is 22.7 Å². The fourth-order valence-electron chi connectivity index (χ4n) is 1.82. The zero-order valence-corrected chi connectivity index (χ0v) is 10.5. The normalized spacial score (nSPS) is 17.6. The maximum Gasteiger partial charge on any atom is 0.0939 e. The van der Waals surface area contributed by atoms with Gasteiger partial charge in [0.05, 0.1) is 15.6 Å². The number of aromatic nitrogens is 1. The average Bonchev–Trinajstić information content (AvgIpc) is 2.72. The molecular weight excluding hydrogens is 238 g/mol. The first kappa shape index (κ1) is 10.4. The van der Waals surface area contributed by atoms with Gasteiger partial charge in [0.15, 0.2) is 0 Å². The van der Waals surface area contributed by atoms with Gasteiger partial charge >= 0.3 is 0 Å². The van der Waals surface area contributed by atoms with Crippen LogP contribution in [0, 0.1) is 5.41 Å². The summed E-state index contributed by atoms with van der Waals surface area (Å²) in [5.74, 6) is 0. The maximum absolute atomic E-state index is 9.29. The van der Waals surface area contributed by atoms with Crippen molar-refractivity contribution in [2.75, 3.05) is 6.61 Å². The summed E-state index contributed by atoms with van der Waals surface area (Å²) in [7, 11) is 0. The predicted octanol–water partition coefficient (Wildman–Crippen LogP) is 3.19. The highest BCUT2D eigenvalue weighted by atomic mass is 32.1. The fourth-order valence-corrected chi connectivity index (χ4v) is 3.55. The zero-order chi connectivity index (χ0) is 11.0. The van der Waals surface area contributed by atoms with Gasteiger partial charge in [-0.25, -0.2) is 4.98 Å². The van der Waals surface area contributed by atoms with Crippen molar-refractivity contribution in [3.05, 3.63) is 27.9 Å². The summed E-state index contributed by atoms with van der Waals surface area (Å²) in [5, 5.41) is 14.6. The van der Waals surface area contributed by atoms with Crippen molar-refractivity contribution < 1.29 is 5.11 Å². The molecule has 84 valence electrons. The molecule has 0 aromatic carbocycles. The van der Waals surface area contributed by atoms with Crippen molar-refractivity contribution in [1.29, 1.82) is 0 Å². The Morgan fingerprint density at radius 2 is 2.25 bits per heavy atom. The summed E-state index contributed by atoms with van der Waals surface area (Å²) in [6, 6.07) is 4.15. The molecule has 0 saturated heterocycles. The van der Waals surface area contributed by atoms with Crippen LogP contribution >= 0.6 is 22.7 Å². The molecule has 2 nitrogen and oxygen atoms in total. The van der Waals surface area contributed by atoms with E-state index in [9.17, 15) is 5.11 Å². The predicted molar refractivity (Wildman–Crippen MR) is 67.9 cm³/mol. The van der Waals surface area contributed by atoms with Gasteiger partial charge in [-0.05, 0) is 29.7 Å². The van der Waals surface area contributed by atoms with Crippen molar-refractivity contribution in [3.8, 4) is 10.6 Å². The molecule has 0 aliphatic heterocycles. The summed E-state index contributed by atoms with van der Waals surface area (Å²) < 4.78 is 0. The minimum atomic E-state index is 0.171. The summed E-state index contributed by atoms with van der Waals surface area (Å²) in [6.45, 7) is 0.306. The minimum absolute atomic E-state index is 0.171. The Morgan fingerprint density at radius 1 is 1.38 bits per heavy atom. The van der Waals surface area contributed by atoms with Crippen LogP contribution in [0.5, 0.6) is 0 Å². The Kier molecular flexibility index (Phi) is 2.58. The molecule has 0 atom stereocenters. The third-order valence-corrected chi connectivity index (χ3v) is 4.89. The number of rotatable bonds is 4. The third-order valence-electron chi connectivity index (χ3n) is 3.14. The van der Waals surface area contributed by atoms with Gasteiger partial charge in [-0.3, -0.25) is 0 Å². The Morgan fingerprint density at radius 3 is 2.88 bits per heavy atom. The Hall–Kier alpha value is -0.710. The number of aliphatic hydroxyl groups is 1. The van der Waals surface area contributed by atoms with Crippen molar-refractivity contribution in [3.63, 3.8) is 0 Å². The summed E-state index contributed by atoms with van der Waals surface area (Å²) in [5.41, 5.74) is 1.26. The van der Waals surface area contributed by atoms with E-state index in [0.29, 0.717) is 6.61 Å². The number of hydrogen-bond acceptors (Lipinski definition) is 4. The molecule has 1 N–H and O–H groups in total. The van der Waals surface area contributed by atoms with Gasteiger partial charge < -0.3 is 5.11 Å². The van der Waals surface area contributed by atoms with Gasteiger partial charge in [0.25, 0.3) is 0 Å². The topological polar surface area (TPSA) is 33.1 Å². The van der Waals surface area contributed by atoms with Crippen LogP contribution in [0.2, 0.25) is 0 Å². The first-order valence-electron chi connectivity index (χ1n) is 5.40. The quantitative estimate of drug-likeness (QED) is 0.905. The van der Waals surface area contributed by atoms with Crippen LogP contribution < -0.4 is 0 Å². The molecule has 3 rings (SSSR count). The van der Waals surface area contributed by atoms with E-state index in [1.54, 1.807) is 22.7 Å². The lowest BCUT2D eigenvalue weighted by Crippen LogP contribution is -2.09. The highest BCUT2D eigenvalue weighted by Crippen LogP contribution is 2.48. The van der Waals surface area contributed by atoms with Gasteiger partial charge in [-0.2, -0.15) is 0 Å². The molecule has 2 aromatic rings. The molecule has 1 fully saturated rings. The van der Waals surface area contributed by atoms with Crippen LogP contribution in [0.25, 0.3) is 10.6 Å². The van der Waals surface area contributed by atoms with E-state index < -0.39 is 0 Å². The Bertz CT molecular complexity index is 471. The number of aliphatic hydroxyl groups excluding tert-OH is 1. The van der Waals surface area contributed by atoms with Crippen LogP contribution in [-0.4, -0.2) is 16.7 Å². The Labute approximate surface area is 103 Å². The molecule has 0 unspecified atom stereocenters.